The number of H-pyrrole nitrogens is 1. The van der Waals surface area contributed by atoms with Gasteiger partial charge in [-0.1, -0.05) is 30.3 Å². The predicted octanol–water partition coefficient (Wildman–Crippen LogP) is 2.42. The Hall–Kier alpha value is -2.75. The van der Waals surface area contributed by atoms with Crippen LogP contribution in [0.4, 0.5) is 0 Å². The van der Waals surface area contributed by atoms with Gasteiger partial charge in [-0.05, 0) is 17.7 Å². The minimum Gasteiger partial charge on any atom is -0.329 e. The molecule has 3 aromatic rings. The van der Waals surface area contributed by atoms with E-state index in [0.717, 1.165) is 22.6 Å². The molecule has 0 saturated heterocycles. The first-order valence-corrected chi connectivity index (χ1v) is 6.36. The van der Waals surface area contributed by atoms with Crippen LogP contribution in [0.3, 0.4) is 0 Å². The third-order valence-electron chi connectivity index (χ3n) is 2.98. The lowest BCUT2D eigenvalue weighted by Crippen LogP contribution is -2.03. The van der Waals surface area contributed by atoms with Crippen LogP contribution in [-0.2, 0) is 6.42 Å². The van der Waals surface area contributed by atoms with Gasteiger partial charge < -0.3 is 4.98 Å². The van der Waals surface area contributed by atoms with Crippen LogP contribution in [0.15, 0.2) is 65.7 Å². The van der Waals surface area contributed by atoms with Crippen molar-refractivity contribution in [2.45, 2.75) is 6.42 Å². The number of aromatic amines is 1. The van der Waals surface area contributed by atoms with Gasteiger partial charge in [0.15, 0.2) is 0 Å². The summed E-state index contributed by atoms with van der Waals surface area (Å²) in [5.41, 5.74) is 2.59. The number of benzene rings is 1. The molecular formula is C16H13N3O. The number of hydrogen-bond donors (Lipinski definition) is 1. The number of nitrogens with one attached hydrogen (secondary N) is 1. The zero-order chi connectivity index (χ0) is 13.8. The molecule has 0 amide bonds. The van der Waals surface area contributed by atoms with Gasteiger partial charge in [-0.15, -0.1) is 0 Å². The van der Waals surface area contributed by atoms with Crippen LogP contribution in [-0.4, -0.2) is 15.0 Å². The Kier molecular flexibility index (Phi) is 3.37. The second-order valence-corrected chi connectivity index (χ2v) is 4.46. The van der Waals surface area contributed by atoms with E-state index in [1.165, 1.54) is 6.07 Å². The molecule has 0 spiro atoms. The maximum Gasteiger partial charge on any atom is 0.248 e. The Bertz CT molecular complexity index is 766. The first-order chi connectivity index (χ1) is 9.81. The normalized spacial score (nSPS) is 10.4. The summed E-state index contributed by atoms with van der Waals surface area (Å²) in [5, 5.41) is 0. The summed E-state index contributed by atoms with van der Waals surface area (Å²) in [4.78, 5) is 22.7. The summed E-state index contributed by atoms with van der Waals surface area (Å²) in [7, 11) is 0. The Morgan fingerprint density at radius 2 is 1.90 bits per heavy atom. The summed E-state index contributed by atoms with van der Waals surface area (Å²) in [5.74, 6) is 0.744. The van der Waals surface area contributed by atoms with Crippen molar-refractivity contribution in [2.75, 3.05) is 0 Å². The SMILES string of the molecule is O=c1cc(-c2ccnc(Cc3ccccc3)n2)cc[nH]1. The van der Waals surface area contributed by atoms with Gasteiger partial charge in [0, 0.05) is 30.4 Å². The largest absolute Gasteiger partial charge is 0.329 e. The number of nitrogens with zero attached hydrogens (tertiary/aromatic N) is 2. The quantitative estimate of drug-likeness (QED) is 0.789. The minimum atomic E-state index is -0.134. The molecular weight excluding hydrogens is 250 g/mol. The molecule has 0 fully saturated rings. The highest BCUT2D eigenvalue weighted by atomic mass is 16.1. The van der Waals surface area contributed by atoms with Crippen LogP contribution in [0.2, 0.25) is 0 Å². The average molecular weight is 263 g/mol. The molecule has 1 N–H and O–H groups in total. The van der Waals surface area contributed by atoms with E-state index in [1.807, 2.05) is 42.5 Å². The fourth-order valence-electron chi connectivity index (χ4n) is 2.03. The lowest BCUT2D eigenvalue weighted by atomic mass is 10.1. The van der Waals surface area contributed by atoms with Crippen molar-refractivity contribution < 1.29 is 0 Å². The van der Waals surface area contributed by atoms with E-state index in [0.29, 0.717) is 6.42 Å². The molecule has 0 aliphatic heterocycles. The zero-order valence-electron chi connectivity index (χ0n) is 10.8. The Balaban J connectivity index is 1.92. The maximum atomic E-state index is 11.3. The van der Waals surface area contributed by atoms with Crippen molar-refractivity contribution in [3.8, 4) is 11.3 Å². The van der Waals surface area contributed by atoms with Gasteiger partial charge in [-0.3, -0.25) is 4.79 Å². The molecule has 4 nitrogen and oxygen atoms in total. The smallest absolute Gasteiger partial charge is 0.248 e. The minimum absolute atomic E-state index is 0.134. The zero-order valence-corrected chi connectivity index (χ0v) is 10.8. The fraction of sp³-hybridized carbons (Fsp3) is 0.0625. The number of hydrogen-bond acceptors (Lipinski definition) is 3. The fourth-order valence-corrected chi connectivity index (χ4v) is 2.03. The van der Waals surface area contributed by atoms with Crippen LogP contribution in [0, 0.1) is 0 Å². The first-order valence-electron chi connectivity index (χ1n) is 6.36. The third-order valence-corrected chi connectivity index (χ3v) is 2.98. The second kappa shape index (κ2) is 5.48. The molecule has 98 valence electrons. The molecule has 1 aromatic carbocycles. The van der Waals surface area contributed by atoms with Crippen molar-refractivity contribution in [2.24, 2.45) is 0 Å². The Labute approximate surface area is 116 Å². The first kappa shape index (κ1) is 12.3. The number of aromatic nitrogens is 3. The second-order valence-electron chi connectivity index (χ2n) is 4.46. The van der Waals surface area contributed by atoms with E-state index >= 15 is 0 Å². The molecule has 0 aliphatic rings. The van der Waals surface area contributed by atoms with E-state index in [4.69, 9.17) is 0 Å². The molecule has 0 atom stereocenters. The molecule has 4 heteroatoms. The molecule has 0 aliphatic carbocycles. The maximum absolute atomic E-state index is 11.3. The third kappa shape index (κ3) is 2.80. The lowest BCUT2D eigenvalue weighted by molar-refractivity contribution is 0.971. The van der Waals surface area contributed by atoms with Gasteiger partial charge in [-0.2, -0.15) is 0 Å². The van der Waals surface area contributed by atoms with E-state index in [1.54, 1.807) is 12.4 Å². The van der Waals surface area contributed by atoms with E-state index in [2.05, 4.69) is 15.0 Å². The average Bonchev–Trinajstić information content (AvgIpc) is 2.49. The highest BCUT2D eigenvalue weighted by molar-refractivity contribution is 5.57. The van der Waals surface area contributed by atoms with Gasteiger partial charge in [0.2, 0.25) is 5.56 Å². The number of pyridine rings is 1. The highest BCUT2D eigenvalue weighted by Gasteiger charge is 2.03. The topological polar surface area (TPSA) is 58.6 Å². The monoisotopic (exact) mass is 263 g/mol. The van der Waals surface area contributed by atoms with Crippen molar-refractivity contribution in [3.05, 3.63) is 82.7 Å². The van der Waals surface area contributed by atoms with Crippen LogP contribution < -0.4 is 5.56 Å². The van der Waals surface area contributed by atoms with Crippen LogP contribution in [0.5, 0.6) is 0 Å². The van der Waals surface area contributed by atoms with Gasteiger partial charge in [-0.25, -0.2) is 9.97 Å². The summed E-state index contributed by atoms with van der Waals surface area (Å²) >= 11 is 0. The standard InChI is InChI=1S/C16H13N3O/c20-16-11-13(6-8-18-16)14-7-9-17-15(19-14)10-12-4-2-1-3-5-12/h1-9,11H,10H2,(H,18,20). The van der Waals surface area contributed by atoms with Crippen molar-refractivity contribution in [3.63, 3.8) is 0 Å². The van der Waals surface area contributed by atoms with Crippen molar-refractivity contribution >= 4 is 0 Å². The molecule has 20 heavy (non-hydrogen) atoms. The molecule has 3 rings (SSSR count). The Morgan fingerprint density at radius 1 is 1.05 bits per heavy atom. The van der Waals surface area contributed by atoms with Gasteiger partial charge >= 0.3 is 0 Å². The van der Waals surface area contributed by atoms with Gasteiger partial charge in [0.05, 0.1) is 5.69 Å². The van der Waals surface area contributed by atoms with Gasteiger partial charge in [0.25, 0.3) is 0 Å². The van der Waals surface area contributed by atoms with E-state index < -0.39 is 0 Å². The summed E-state index contributed by atoms with van der Waals surface area (Å²) in [6.07, 6.45) is 4.02. The molecule has 0 radical (unpaired) electrons. The Morgan fingerprint density at radius 3 is 2.70 bits per heavy atom. The molecule has 0 unspecified atom stereocenters. The van der Waals surface area contributed by atoms with E-state index in [-0.39, 0.29) is 5.56 Å². The van der Waals surface area contributed by atoms with Crippen LogP contribution >= 0.6 is 0 Å². The van der Waals surface area contributed by atoms with Gasteiger partial charge in [0.1, 0.15) is 5.82 Å². The predicted molar refractivity (Wildman–Crippen MR) is 77.3 cm³/mol. The van der Waals surface area contributed by atoms with Crippen LogP contribution in [0.1, 0.15) is 11.4 Å². The van der Waals surface area contributed by atoms with Crippen molar-refractivity contribution in [1.82, 2.24) is 15.0 Å². The highest BCUT2D eigenvalue weighted by Crippen LogP contribution is 2.14. The molecule has 0 bridgehead atoms. The lowest BCUT2D eigenvalue weighted by Gasteiger charge is -2.04. The summed E-state index contributed by atoms with van der Waals surface area (Å²) < 4.78 is 0. The molecule has 0 saturated carbocycles. The number of rotatable bonds is 3. The molecule has 2 heterocycles. The summed E-state index contributed by atoms with van der Waals surface area (Å²) in [6, 6.07) is 15.2. The van der Waals surface area contributed by atoms with E-state index in [9.17, 15) is 4.79 Å². The molecule has 2 aromatic heterocycles. The van der Waals surface area contributed by atoms with Crippen LogP contribution in [0.25, 0.3) is 11.3 Å². The van der Waals surface area contributed by atoms with Crippen molar-refractivity contribution in [1.29, 1.82) is 0 Å². The summed E-state index contributed by atoms with van der Waals surface area (Å²) in [6.45, 7) is 0.